The van der Waals surface area contributed by atoms with Crippen LogP contribution in [0.15, 0.2) is 18.2 Å². The van der Waals surface area contributed by atoms with E-state index in [0.717, 1.165) is 0 Å². The highest BCUT2D eigenvalue weighted by atomic mass is 31.2. The van der Waals surface area contributed by atoms with E-state index < -0.39 is 19.8 Å². The molecule has 0 saturated heterocycles. The number of aromatic hydroxyl groups is 2. The number of phosphoric acid groups is 1. The van der Waals surface area contributed by atoms with Crippen LogP contribution in [0.3, 0.4) is 0 Å². The van der Waals surface area contributed by atoms with Crippen molar-refractivity contribution in [3.05, 3.63) is 23.8 Å². The summed E-state index contributed by atoms with van der Waals surface area (Å²) in [7, 11) is -4.64. The normalized spacial score (nSPS) is 12.2. The Morgan fingerprint density at radius 1 is 1.21 bits per heavy atom. The van der Waals surface area contributed by atoms with Crippen LogP contribution in [0.5, 0.6) is 11.5 Å². The van der Waals surface area contributed by atoms with Gasteiger partial charge in [-0.25, -0.2) is 4.57 Å². The quantitative estimate of drug-likeness (QED) is 0.275. The number of carboxylic acid groups (broad SMARTS) is 1. The predicted molar refractivity (Wildman–Crippen MR) is 63.3 cm³/mol. The molecule has 0 amide bonds. The Kier molecular flexibility index (Phi) is 6.46. The first-order valence-corrected chi connectivity index (χ1v) is 6.34. The maximum absolute atomic E-state index is 10.4. The van der Waals surface area contributed by atoms with Gasteiger partial charge in [-0.2, -0.15) is 0 Å². The van der Waals surface area contributed by atoms with Gasteiger partial charge in [0.05, 0.1) is 0 Å². The zero-order valence-electron chi connectivity index (χ0n) is 9.54. The highest BCUT2D eigenvalue weighted by molar-refractivity contribution is 7.45. The van der Waals surface area contributed by atoms with E-state index in [0.29, 0.717) is 5.56 Å². The number of carbonyl (C=O) groups is 1. The van der Waals surface area contributed by atoms with Crippen LogP contribution in [0.1, 0.15) is 5.56 Å². The third-order valence-corrected chi connectivity index (χ3v) is 1.81. The molecule has 1 rings (SSSR count). The molecule has 0 aliphatic heterocycles. The second-order valence-electron chi connectivity index (χ2n) is 3.49. The molecule has 0 radical (unpaired) electrons. The van der Waals surface area contributed by atoms with Gasteiger partial charge in [0.15, 0.2) is 11.5 Å². The van der Waals surface area contributed by atoms with Crippen molar-refractivity contribution in [2.24, 2.45) is 5.73 Å². The van der Waals surface area contributed by atoms with Gasteiger partial charge in [0.1, 0.15) is 6.04 Å². The molecule has 10 heteroatoms. The van der Waals surface area contributed by atoms with Crippen molar-refractivity contribution in [1.82, 2.24) is 0 Å². The Bertz CT molecular complexity index is 477. The van der Waals surface area contributed by atoms with E-state index in [9.17, 15) is 4.79 Å². The molecule has 1 aromatic rings. The predicted octanol–water partition coefficient (Wildman–Crippen LogP) is -0.876. The molecule has 1 aromatic carbocycles. The first-order valence-electron chi connectivity index (χ1n) is 4.78. The second-order valence-corrected chi connectivity index (χ2v) is 4.51. The van der Waals surface area contributed by atoms with Gasteiger partial charge in [0, 0.05) is 0 Å². The number of phenols is 2. The van der Waals surface area contributed by atoms with E-state index in [1.54, 1.807) is 0 Å². The number of hydrogen-bond acceptors (Lipinski definition) is 5. The molecule has 1 atom stereocenters. The number of carboxylic acids is 1. The first-order chi connectivity index (χ1) is 8.50. The Morgan fingerprint density at radius 3 is 2.05 bits per heavy atom. The lowest BCUT2D eigenvalue weighted by Gasteiger charge is -2.06. The first kappa shape index (κ1) is 17.4. The van der Waals surface area contributed by atoms with Crippen molar-refractivity contribution in [3.8, 4) is 11.5 Å². The zero-order valence-corrected chi connectivity index (χ0v) is 10.4. The fraction of sp³-hybridized carbons (Fsp3) is 0.222. The lowest BCUT2D eigenvalue weighted by Crippen LogP contribution is -2.32. The van der Waals surface area contributed by atoms with Crippen LogP contribution in [-0.4, -0.2) is 42.0 Å². The highest BCUT2D eigenvalue weighted by Gasteiger charge is 2.12. The monoisotopic (exact) mass is 295 g/mol. The van der Waals surface area contributed by atoms with Crippen LogP contribution >= 0.6 is 7.82 Å². The van der Waals surface area contributed by atoms with E-state index in [1.807, 2.05) is 0 Å². The molecule has 19 heavy (non-hydrogen) atoms. The smallest absolute Gasteiger partial charge is 0.466 e. The molecular weight excluding hydrogens is 281 g/mol. The summed E-state index contributed by atoms with van der Waals surface area (Å²) in [5, 5.41) is 26.6. The minimum Gasteiger partial charge on any atom is -0.504 e. The standard InChI is InChI=1S/C9H11NO4.H3O4P/c10-6(9(13)14)3-5-1-2-7(11)8(12)4-5;1-5(2,3)4/h1-2,4,6,11-12H,3,10H2,(H,13,14);(H3,1,2,3,4). The average Bonchev–Trinajstić information content (AvgIpc) is 2.21. The van der Waals surface area contributed by atoms with Crippen LogP contribution in [0.4, 0.5) is 0 Å². The fourth-order valence-electron chi connectivity index (χ4n) is 1.04. The average molecular weight is 295 g/mol. The molecule has 0 saturated carbocycles. The summed E-state index contributed by atoms with van der Waals surface area (Å²) in [4.78, 5) is 32.0. The lowest BCUT2D eigenvalue weighted by molar-refractivity contribution is -0.138. The third-order valence-electron chi connectivity index (χ3n) is 1.81. The number of benzene rings is 1. The SMILES string of the molecule is NC(Cc1ccc(O)c(O)c1)C(=O)O.O=P(O)(O)O. The highest BCUT2D eigenvalue weighted by Crippen LogP contribution is 2.26. The fourth-order valence-corrected chi connectivity index (χ4v) is 1.04. The van der Waals surface area contributed by atoms with Crippen LogP contribution in [0.25, 0.3) is 0 Å². The summed E-state index contributed by atoms with van der Waals surface area (Å²) in [5.74, 6) is -1.62. The third kappa shape index (κ3) is 9.00. The summed E-state index contributed by atoms with van der Waals surface area (Å²) in [6.07, 6.45) is 0.114. The van der Waals surface area contributed by atoms with Gasteiger partial charge < -0.3 is 35.7 Å². The Labute approximate surface area is 107 Å². The van der Waals surface area contributed by atoms with Crippen molar-refractivity contribution in [2.75, 3.05) is 0 Å². The maximum atomic E-state index is 10.4. The van der Waals surface area contributed by atoms with Crippen molar-refractivity contribution in [1.29, 1.82) is 0 Å². The number of aliphatic carboxylic acids is 1. The van der Waals surface area contributed by atoms with Crippen LogP contribution in [0, 0.1) is 0 Å². The van der Waals surface area contributed by atoms with Gasteiger partial charge >= 0.3 is 13.8 Å². The van der Waals surface area contributed by atoms with Gasteiger partial charge in [-0.05, 0) is 24.1 Å². The van der Waals surface area contributed by atoms with Gasteiger partial charge in [-0.3, -0.25) is 4.79 Å². The summed E-state index contributed by atoms with van der Waals surface area (Å²) < 4.78 is 8.88. The van der Waals surface area contributed by atoms with E-state index in [1.165, 1.54) is 18.2 Å². The van der Waals surface area contributed by atoms with Crippen LogP contribution < -0.4 is 5.73 Å². The topological polar surface area (TPSA) is 182 Å². The van der Waals surface area contributed by atoms with Gasteiger partial charge in [-0.15, -0.1) is 0 Å². The van der Waals surface area contributed by atoms with E-state index in [2.05, 4.69) is 0 Å². The van der Waals surface area contributed by atoms with Crippen LogP contribution in [0.2, 0.25) is 0 Å². The molecule has 0 aromatic heterocycles. The molecule has 0 heterocycles. The Balaban J connectivity index is 0.000000555. The molecule has 0 aliphatic rings. The summed E-state index contributed by atoms with van der Waals surface area (Å²) in [5.41, 5.74) is 5.86. The molecule has 0 fully saturated rings. The van der Waals surface area contributed by atoms with Gasteiger partial charge in [0.2, 0.25) is 0 Å². The maximum Gasteiger partial charge on any atom is 0.466 e. The molecule has 0 spiro atoms. The van der Waals surface area contributed by atoms with Crippen LogP contribution in [-0.2, 0) is 15.8 Å². The van der Waals surface area contributed by atoms with Crippen molar-refractivity contribution < 1.29 is 39.4 Å². The zero-order chi connectivity index (χ0) is 15.2. The summed E-state index contributed by atoms with van der Waals surface area (Å²) >= 11 is 0. The van der Waals surface area contributed by atoms with Crippen molar-refractivity contribution in [3.63, 3.8) is 0 Å². The van der Waals surface area contributed by atoms with Gasteiger partial charge in [-0.1, -0.05) is 6.07 Å². The second kappa shape index (κ2) is 7.07. The largest absolute Gasteiger partial charge is 0.504 e. The lowest BCUT2D eigenvalue weighted by atomic mass is 10.1. The molecule has 9 nitrogen and oxygen atoms in total. The molecule has 0 aliphatic carbocycles. The van der Waals surface area contributed by atoms with E-state index in [4.69, 9.17) is 40.3 Å². The van der Waals surface area contributed by atoms with Crippen molar-refractivity contribution >= 4 is 13.8 Å². The molecule has 8 N–H and O–H groups in total. The number of phenolic OH excluding ortho intramolecular Hbond substituents is 2. The number of rotatable bonds is 3. The molecule has 0 bridgehead atoms. The molecule has 108 valence electrons. The van der Waals surface area contributed by atoms with E-state index >= 15 is 0 Å². The minimum absolute atomic E-state index is 0.114. The van der Waals surface area contributed by atoms with Crippen molar-refractivity contribution in [2.45, 2.75) is 12.5 Å². The molecule has 1 unspecified atom stereocenters. The minimum atomic E-state index is -4.64. The summed E-state index contributed by atoms with van der Waals surface area (Å²) in [6, 6.07) is 3.09. The van der Waals surface area contributed by atoms with E-state index in [-0.39, 0.29) is 17.9 Å². The number of hydrogen-bond donors (Lipinski definition) is 7. The number of nitrogens with two attached hydrogens (primary N) is 1. The molecular formula is C9H14NO8P. The van der Waals surface area contributed by atoms with Gasteiger partial charge in [0.25, 0.3) is 0 Å². The summed E-state index contributed by atoms with van der Waals surface area (Å²) in [6.45, 7) is 0. The Hall–Kier alpha value is -1.64. The Morgan fingerprint density at radius 2 is 1.68 bits per heavy atom.